The average molecular weight is 406 g/mol. The van der Waals surface area contributed by atoms with Crippen molar-refractivity contribution >= 4 is 21.5 Å². The van der Waals surface area contributed by atoms with Crippen LogP contribution >= 0.6 is 0 Å². The molecule has 2 bridgehead atoms. The number of nitriles is 4. The predicted molar refractivity (Wildman–Crippen MR) is 119 cm³/mol. The van der Waals surface area contributed by atoms with Crippen molar-refractivity contribution in [2.75, 3.05) is 0 Å². The van der Waals surface area contributed by atoms with Crippen LogP contribution in [0.1, 0.15) is 34.1 Å². The Morgan fingerprint density at radius 2 is 0.719 bits per heavy atom. The fourth-order valence-electron chi connectivity index (χ4n) is 5.94. The Morgan fingerprint density at radius 3 is 0.938 bits per heavy atom. The van der Waals surface area contributed by atoms with Gasteiger partial charge in [0.05, 0.1) is 24.3 Å². The van der Waals surface area contributed by atoms with Gasteiger partial charge >= 0.3 is 0 Å². The van der Waals surface area contributed by atoms with Gasteiger partial charge < -0.3 is 0 Å². The molecule has 32 heavy (non-hydrogen) atoms. The first-order valence-electron chi connectivity index (χ1n) is 10.3. The van der Waals surface area contributed by atoms with Gasteiger partial charge in [-0.2, -0.15) is 21.0 Å². The molecule has 4 aromatic rings. The fourth-order valence-corrected chi connectivity index (χ4v) is 5.94. The number of hydrogen-bond acceptors (Lipinski definition) is 4. The molecule has 146 valence electrons. The average Bonchev–Trinajstić information content (AvgIpc) is 2.85. The maximum atomic E-state index is 10.4. The lowest BCUT2D eigenvalue weighted by Gasteiger charge is -2.53. The van der Waals surface area contributed by atoms with Crippen LogP contribution in [0, 0.1) is 56.2 Å². The molecule has 0 aromatic heterocycles. The largest absolute Gasteiger partial charge is 0.196 e. The minimum absolute atomic E-state index is 0.694. The summed E-state index contributed by atoms with van der Waals surface area (Å²) < 4.78 is 0. The number of hydrogen-bond donors (Lipinski definition) is 0. The van der Waals surface area contributed by atoms with Crippen LogP contribution in [0.5, 0.6) is 0 Å². The molecule has 0 heterocycles. The number of benzene rings is 4. The molecular weight excluding hydrogens is 392 g/mol. The van der Waals surface area contributed by atoms with Crippen LogP contribution < -0.4 is 0 Å². The smallest absolute Gasteiger partial charge is 0.187 e. The van der Waals surface area contributed by atoms with Gasteiger partial charge in [-0.15, -0.1) is 0 Å². The van der Waals surface area contributed by atoms with Crippen molar-refractivity contribution < 1.29 is 0 Å². The molecule has 0 unspecified atom stereocenters. The lowest BCUT2D eigenvalue weighted by atomic mass is 9.41. The zero-order valence-corrected chi connectivity index (χ0v) is 16.9. The molecule has 3 aliphatic rings. The molecule has 0 saturated heterocycles. The van der Waals surface area contributed by atoms with Crippen LogP contribution in [0.25, 0.3) is 21.5 Å². The lowest BCUT2D eigenvalue weighted by molar-refractivity contribution is 0.196. The first-order valence-corrected chi connectivity index (χ1v) is 10.3. The Labute approximate surface area is 184 Å². The van der Waals surface area contributed by atoms with Gasteiger partial charge in [0.25, 0.3) is 0 Å². The molecule has 4 heteroatoms. The monoisotopic (exact) mass is 406 g/mol. The third kappa shape index (κ3) is 1.84. The Kier molecular flexibility index (Phi) is 3.38. The van der Waals surface area contributed by atoms with Crippen LogP contribution in [0.4, 0.5) is 0 Å². The second-order valence-corrected chi connectivity index (χ2v) is 8.59. The Bertz CT molecular complexity index is 1410. The van der Waals surface area contributed by atoms with Crippen LogP contribution in [-0.2, 0) is 0 Å². The van der Waals surface area contributed by atoms with Crippen LogP contribution in [0.15, 0.2) is 72.8 Å². The van der Waals surface area contributed by atoms with Gasteiger partial charge in [-0.1, -0.05) is 72.8 Å². The van der Waals surface area contributed by atoms with Crippen LogP contribution in [0.3, 0.4) is 0 Å². The molecule has 0 radical (unpaired) electrons. The van der Waals surface area contributed by atoms with Crippen molar-refractivity contribution in [1.29, 1.82) is 21.0 Å². The van der Waals surface area contributed by atoms with E-state index in [-0.39, 0.29) is 0 Å². The van der Waals surface area contributed by atoms with Gasteiger partial charge in [0.1, 0.15) is 0 Å². The summed E-state index contributed by atoms with van der Waals surface area (Å²) in [5, 5.41) is 45.5. The summed E-state index contributed by atoms with van der Waals surface area (Å²) in [5.74, 6) is -1.39. The normalized spacial score (nSPS) is 20.9. The molecule has 0 atom stereocenters. The molecule has 0 saturated carbocycles. The minimum Gasteiger partial charge on any atom is -0.196 e. The Hall–Kier alpha value is -4.64. The maximum Gasteiger partial charge on any atom is 0.187 e. The summed E-state index contributed by atoms with van der Waals surface area (Å²) in [7, 11) is 0. The van der Waals surface area contributed by atoms with E-state index in [9.17, 15) is 21.0 Å². The summed E-state index contributed by atoms with van der Waals surface area (Å²) in [6, 6.07) is 32.6. The van der Waals surface area contributed by atoms with E-state index in [1.54, 1.807) is 0 Å². The zero-order chi connectivity index (χ0) is 22.1. The summed E-state index contributed by atoms with van der Waals surface area (Å²) in [4.78, 5) is 0. The molecule has 4 aromatic carbocycles. The Balaban J connectivity index is 1.84. The van der Waals surface area contributed by atoms with Crippen LogP contribution in [-0.4, -0.2) is 0 Å². The molecule has 0 spiro atoms. The first kappa shape index (κ1) is 18.2. The van der Waals surface area contributed by atoms with Gasteiger partial charge in [-0.3, -0.25) is 0 Å². The van der Waals surface area contributed by atoms with E-state index in [0.717, 1.165) is 43.8 Å². The fraction of sp³-hybridized carbons (Fsp3) is 0.143. The molecule has 0 N–H and O–H groups in total. The molecule has 0 aliphatic heterocycles. The van der Waals surface area contributed by atoms with Crippen molar-refractivity contribution in [3.8, 4) is 24.3 Å². The second kappa shape index (κ2) is 5.95. The summed E-state index contributed by atoms with van der Waals surface area (Å²) >= 11 is 0. The van der Waals surface area contributed by atoms with E-state index in [2.05, 4.69) is 24.3 Å². The highest BCUT2D eigenvalue weighted by atomic mass is 14.7. The van der Waals surface area contributed by atoms with E-state index in [4.69, 9.17) is 0 Å². The molecule has 3 aliphatic carbocycles. The van der Waals surface area contributed by atoms with Gasteiger partial charge in [0, 0.05) is 11.8 Å². The third-order valence-corrected chi connectivity index (χ3v) is 7.34. The van der Waals surface area contributed by atoms with E-state index in [1.165, 1.54) is 0 Å². The van der Waals surface area contributed by atoms with Crippen molar-refractivity contribution in [3.05, 3.63) is 95.1 Å². The molecule has 0 amide bonds. The minimum atomic E-state index is -1.81. The Morgan fingerprint density at radius 1 is 0.469 bits per heavy atom. The lowest BCUT2D eigenvalue weighted by Crippen LogP contribution is -2.54. The number of nitrogens with zero attached hydrogens (tertiary/aromatic N) is 4. The maximum absolute atomic E-state index is 10.4. The van der Waals surface area contributed by atoms with Gasteiger partial charge in [-0.05, 0) is 43.8 Å². The van der Waals surface area contributed by atoms with E-state index in [1.807, 2.05) is 72.8 Å². The molecule has 7 rings (SSSR count). The first-order chi connectivity index (χ1) is 15.6. The third-order valence-electron chi connectivity index (χ3n) is 7.34. The zero-order valence-electron chi connectivity index (χ0n) is 16.9. The predicted octanol–water partition coefficient (Wildman–Crippen LogP) is 5.65. The van der Waals surface area contributed by atoms with Crippen molar-refractivity contribution in [2.45, 2.75) is 11.8 Å². The highest BCUT2D eigenvalue weighted by Gasteiger charge is 2.71. The SMILES string of the molecule is N#CC1(C#N)C2c3cc4ccccc4cc3C(c3cc4ccccc4cc32)C1(C#N)C#N. The van der Waals surface area contributed by atoms with Crippen molar-refractivity contribution in [3.63, 3.8) is 0 Å². The molecular formula is C28H14N4. The van der Waals surface area contributed by atoms with E-state index < -0.39 is 22.7 Å². The number of fused-ring (bicyclic) bond motifs is 3. The summed E-state index contributed by atoms with van der Waals surface area (Å²) in [6.07, 6.45) is 0. The second-order valence-electron chi connectivity index (χ2n) is 8.59. The molecule has 4 nitrogen and oxygen atoms in total. The van der Waals surface area contributed by atoms with Gasteiger partial charge in [-0.25, -0.2) is 0 Å². The summed E-state index contributed by atoms with van der Waals surface area (Å²) in [6.45, 7) is 0. The highest BCUT2D eigenvalue weighted by molar-refractivity contribution is 5.89. The van der Waals surface area contributed by atoms with Crippen LogP contribution in [0.2, 0.25) is 0 Å². The quantitative estimate of drug-likeness (QED) is 0.377. The van der Waals surface area contributed by atoms with Gasteiger partial charge in [0.15, 0.2) is 10.8 Å². The van der Waals surface area contributed by atoms with E-state index in [0.29, 0.717) is 0 Å². The number of rotatable bonds is 0. The topological polar surface area (TPSA) is 95.2 Å². The van der Waals surface area contributed by atoms with Crippen molar-refractivity contribution in [1.82, 2.24) is 0 Å². The highest BCUT2D eigenvalue weighted by Crippen LogP contribution is 2.69. The molecule has 0 fully saturated rings. The van der Waals surface area contributed by atoms with E-state index >= 15 is 0 Å². The van der Waals surface area contributed by atoms with Gasteiger partial charge in [0.2, 0.25) is 0 Å². The summed E-state index contributed by atoms with van der Waals surface area (Å²) in [5.41, 5.74) is -0.180. The standard InChI is InChI=1S/C28H14N4/c29-13-27(14-30)25-21-9-17-5-1-2-6-18(17)10-22(21)26(28(27,15-31)16-32)24-12-20-8-4-3-7-19(20)11-23(24)25/h1-12,25-26H. The van der Waals surface area contributed by atoms with Crippen molar-refractivity contribution in [2.24, 2.45) is 10.8 Å².